The van der Waals surface area contributed by atoms with Crippen molar-refractivity contribution in [3.05, 3.63) is 29.4 Å². The number of rotatable bonds is 6. The van der Waals surface area contributed by atoms with Gasteiger partial charge >= 0.3 is 0 Å². The minimum Gasteiger partial charge on any atom is -0.371 e. The fourth-order valence-corrected chi connectivity index (χ4v) is 6.98. The SMILES string of the molecule is O=S(=O)(N[C@H]1CO[C@H]2[C@@H]1OC[C@@H]2n1cc(CC2CCCCC2)nn1)c1cccs1. The van der Waals surface area contributed by atoms with E-state index in [2.05, 4.69) is 15.0 Å². The zero-order valence-electron chi connectivity index (χ0n) is 16.1. The summed E-state index contributed by atoms with van der Waals surface area (Å²) in [6.45, 7) is 0.735. The first-order chi connectivity index (χ1) is 14.1. The molecule has 0 aromatic carbocycles. The predicted octanol–water partition coefficient (Wildman–Crippen LogP) is 2.15. The average Bonchev–Trinajstić information content (AvgIpc) is 3.49. The number of aromatic nitrogens is 3. The Morgan fingerprint density at radius 3 is 2.79 bits per heavy atom. The molecule has 3 aliphatic rings. The van der Waals surface area contributed by atoms with Gasteiger partial charge in [0.1, 0.15) is 22.5 Å². The Morgan fingerprint density at radius 1 is 1.17 bits per heavy atom. The molecule has 3 fully saturated rings. The highest BCUT2D eigenvalue weighted by molar-refractivity contribution is 7.91. The van der Waals surface area contributed by atoms with Crippen molar-refractivity contribution in [2.45, 2.75) is 67.0 Å². The Kier molecular flexibility index (Phi) is 5.46. The summed E-state index contributed by atoms with van der Waals surface area (Å²) in [6, 6.07) is 2.85. The molecule has 1 aliphatic carbocycles. The number of fused-ring (bicyclic) bond motifs is 1. The number of ether oxygens (including phenoxy) is 2. The van der Waals surface area contributed by atoms with Crippen LogP contribution < -0.4 is 4.72 Å². The number of nitrogens with one attached hydrogen (secondary N) is 1. The van der Waals surface area contributed by atoms with E-state index < -0.39 is 16.1 Å². The lowest BCUT2D eigenvalue weighted by atomic mass is 9.86. The van der Waals surface area contributed by atoms with E-state index in [4.69, 9.17) is 9.47 Å². The van der Waals surface area contributed by atoms with Gasteiger partial charge in [-0.05, 0) is 23.8 Å². The third-order valence-corrected chi connectivity index (χ3v) is 9.10. The molecule has 0 amide bonds. The molecular formula is C19H26N4O4S2. The Labute approximate surface area is 174 Å². The Bertz CT molecular complexity index is 924. The molecule has 1 N–H and O–H groups in total. The molecule has 1 saturated carbocycles. The normalized spacial score (nSPS) is 30.6. The van der Waals surface area contributed by atoms with E-state index in [1.807, 2.05) is 10.9 Å². The van der Waals surface area contributed by atoms with Crippen molar-refractivity contribution in [2.24, 2.45) is 5.92 Å². The monoisotopic (exact) mass is 438 g/mol. The van der Waals surface area contributed by atoms with E-state index in [9.17, 15) is 8.42 Å². The second-order valence-electron chi connectivity index (χ2n) is 8.22. The van der Waals surface area contributed by atoms with Crippen LogP contribution in [0, 0.1) is 5.92 Å². The molecule has 10 heteroatoms. The van der Waals surface area contributed by atoms with E-state index in [0.717, 1.165) is 12.1 Å². The lowest BCUT2D eigenvalue weighted by Crippen LogP contribution is -2.43. The maximum absolute atomic E-state index is 12.5. The molecule has 2 aromatic heterocycles. The van der Waals surface area contributed by atoms with Crippen molar-refractivity contribution in [3.8, 4) is 0 Å². The predicted molar refractivity (Wildman–Crippen MR) is 107 cm³/mol. The van der Waals surface area contributed by atoms with Crippen LogP contribution >= 0.6 is 11.3 Å². The molecule has 2 saturated heterocycles. The minimum atomic E-state index is -3.56. The van der Waals surface area contributed by atoms with Gasteiger partial charge in [0.25, 0.3) is 0 Å². The first-order valence-electron chi connectivity index (χ1n) is 10.3. The second kappa shape index (κ2) is 8.07. The maximum atomic E-state index is 12.5. The fraction of sp³-hybridized carbons (Fsp3) is 0.684. The first-order valence-corrected chi connectivity index (χ1v) is 12.7. The van der Waals surface area contributed by atoms with Gasteiger partial charge < -0.3 is 9.47 Å². The minimum absolute atomic E-state index is 0.0798. The van der Waals surface area contributed by atoms with Crippen molar-refractivity contribution >= 4 is 21.4 Å². The van der Waals surface area contributed by atoms with Crippen molar-refractivity contribution in [1.29, 1.82) is 0 Å². The third kappa shape index (κ3) is 4.00. The van der Waals surface area contributed by atoms with Gasteiger partial charge in [0.15, 0.2) is 0 Å². The van der Waals surface area contributed by atoms with Crippen molar-refractivity contribution in [3.63, 3.8) is 0 Å². The number of thiophene rings is 1. The molecule has 4 atom stereocenters. The zero-order chi connectivity index (χ0) is 19.8. The lowest BCUT2D eigenvalue weighted by molar-refractivity contribution is 0.0624. The number of sulfonamides is 1. The molecule has 0 radical (unpaired) electrons. The van der Waals surface area contributed by atoms with Gasteiger partial charge in [-0.2, -0.15) is 0 Å². The van der Waals surface area contributed by atoms with Crippen LogP contribution in [0.25, 0.3) is 0 Å². The van der Waals surface area contributed by atoms with Crippen LogP contribution in [-0.4, -0.2) is 54.9 Å². The Hall–Kier alpha value is -1.33. The fourth-order valence-electron chi connectivity index (χ4n) is 4.74. The lowest BCUT2D eigenvalue weighted by Gasteiger charge is -2.20. The van der Waals surface area contributed by atoms with Gasteiger partial charge in [0, 0.05) is 6.20 Å². The molecule has 2 aliphatic heterocycles. The number of nitrogens with zero attached hydrogens (tertiary/aromatic N) is 3. The standard InChI is InChI=1S/C19H26N4O4S2/c24-29(25,17-7-4-8-28-17)21-15-11-26-19-16(12-27-18(15)19)23-10-14(20-22-23)9-13-5-2-1-3-6-13/h4,7-8,10,13,15-16,18-19,21H,1-3,5-6,9,11-12H2/t15-,16-,18+,19+/m0/s1. The molecule has 158 valence electrons. The van der Waals surface area contributed by atoms with Gasteiger partial charge in [-0.3, -0.25) is 0 Å². The van der Waals surface area contributed by atoms with Crippen LogP contribution in [0.5, 0.6) is 0 Å². The van der Waals surface area contributed by atoms with Gasteiger partial charge in [0.05, 0.1) is 24.9 Å². The van der Waals surface area contributed by atoms with Crippen LogP contribution in [-0.2, 0) is 25.9 Å². The van der Waals surface area contributed by atoms with E-state index in [1.54, 1.807) is 17.5 Å². The molecule has 0 bridgehead atoms. The zero-order valence-corrected chi connectivity index (χ0v) is 17.8. The van der Waals surface area contributed by atoms with Crippen LogP contribution in [0.2, 0.25) is 0 Å². The van der Waals surface area contributed by atoms with Gasteiger partial charge in [0.2, 0.25) is 10.0 Å². The smallest absolute Gasteiger partial charge is 0.250 e. The molecule has 0 spiro atoms. The number of hydrogen-bond donors (Lipinski definition) is 1. The molecule has 2 aromatic rings. The van der Waals surface area contributed by atoms with Crippen LogP contribution in [0.15, 0.2) is 27.9 Å². The van der Waals surface area contributed by atoms with E-state index in [0.29, 0.717) is 23.3 Å². The molecule has 0 unspecified atom stereocenters. The largest absolute Gasteiger partial charge is 0.371 e. The summed E-state index contributed by atoms with van der Waals surface area (Å²) in [5, 5.41) is 10.5. The summed E-state index contributed by atoms with van der Waals surface area (Å²) < 4.78 is 41.9. The van der Waals surface area contributed by atoms with Gasteiger partial charge in [-0.25, -0.2) is 17.8 Å². The van der Waals surface area contributed by atoms with Crippen molar-refractivity contribution in [2.75, 3.05) is 13.2 Å². The number of hydrogen-bond acceptors (Lipinski definition) is 7. The molecule has 4 heterocycles. The van der Waals surface area contributed by atoms with Crippen LogP contribution in [0.1, 0.15) is 43.8 Å². The highest BCUT2D eigenvalue weighted by Crippen LogP contribution is 2.35. The van der Waals surface area contributed by atoms with E-state index in [-0.39, 0.29) is 18.2 Å². The quantitative estimate of drug-likeness (QED) is 0.743. The topological polar surface area (TPSA) is 95.3 Å². The highest BCUT2D eigenvalue weighted by Gasteiger charge is 2.50. The Morgan fingerprint density at radius 2 is 2.00 bits per heavy atom. The molecule has 8 nitrogen and oxygen atoms in total. The van der Waals surface area contributed by atoms with E-state index in [1.165, 1.54) is 43.4 Å². The van der Waals surface area contributed by atoms with Crippen molar-refractivity contribution in [1.82, 2.24) is 19.7 Å². The summed E-state index contributed by atoms with van der Waals surface area (Å²) in [5.74, 6) is 0.709. The average molecular weight is 439 g/mol. The molecule has 5 rings (SSSR count). The summed E-state index contributed by atoms with van der Waals surface area (Å²) >= 11 is 1.20. The third-order valence-electron chi connectivity index (χ3n) is 6.21. The highest BCUT2D eigenvalue weighted by atomic mass is 32.2. The van der Waals surface area contributed by atoms with Crippen LogP contribution in [0.4, 0.5) is 0 Å². The summed E-state index contributed by atoms with van der Waals surface area (Å²) in [5.41, 5.74) is 1.02. The maximum Gasteiger partial charge on any atom is 0.250 e. The van der Waals surface area contributed by atoms with Crippen LogP contribution in [0.3, 0.4) is 0 Å². The van der Waals surface area contributed by atoms with E-state index >= 15 is 0 Å². The molecular weight excluding hydrogens is 412 g/mol. The summed E-state index contributed by atoms with van der Waals surface area (Å²) in [6.07, 6.45) is 8.98. The Balaban J connectivity index is 1.23. The van der Waals surface area contributed by atoms with Gasteiger partial charge in [-0.15, -0.1) is 16.4 Å². The second-order valence-corrected chi connectivity index (χ2v) is 11.1. The molecule has 29 heavy (non-hydrogen) atoms. The first kappa shape index (κ1) is 19.6. The summed E-state index contributed by atoms with van der Waals surface area (Å²) in [4.78, 5) is 0. The summed E-state index contributed by atoms with van der Waals surface area (Å²) in [7, 11) is -3.56. The van der Waals surface area contributed by atoms with Crippen molar-refractivity contribution < 1.29 is 17.9 Å². The van der Waals surface area contributed by atoms with Gasteiger partial charge in [-0.1, -0.05) is 43.4 Å².